The van der Waals surface area contributed by atoms with Gasteiger partial charge < -0.3 is 15.7 Å². The van der Waals surface area contributed by atoms with E-state index in [2.05, 4.69) is 15.6 Å². The van der Waals surface area contributed by atoms with Gasteiger partial charge in [0.2, 0.25) is 0 Å². The zero-order valence-corrected chi connectivity index (χ0v) is 8.23. The second-order valence-electron chi connectivity index (χ2n) is 3.65. The Morgan fingerprint density at radius 2 is 2.47 bits per heavy atom. The molecule has 0 bridgehead atoms. The number of pyridine rings is 1. The molecule has 1 saturated heterocycles. The van der Waals surface area contributed by atoms with E-state index in [0.717, 1.165) is 18.7 Å². The molecule has 0 saturated carbocycles. The Kier molecular flexibility index (Phi) is 2.55. The highest BCUT2D eigenvalue weighted by atomic mass is 16.4. The van der Waals surface area contributed by atoms with Crippen molar-refractivity contribution >= 4 is 6.09 Å². The van der Waals surface area contributed by atoms with Gasteiger partial charge in [-0.15, -0.1) is 0 Å². The Labute approximate surface area is 87.5 Å². The Morgan fingerprint density at radius 3 is 3.00 bits per heavy atom. The van der Waals surface area contributed by atoms with E-state index in [1.165, 1.54) is 0 Å². The first-order chi connectivity index (χ1) is 7.23. The number of hydrogen-bond acceptors (Lipinski definition) is 3. The maximum atomic E-state index is 10.8. The summed E-state index contributed by atoms with van der Waals surface area (Å²) in [5.74, 6) is 0. The molecule has 1 atom stereocenters. The lowest BCUT2D eigenvalue weighted by Crippen LogP contribution is -2.47. The number of aromatic nitrogens is 1. The van der Waals surface area contributed by atoms with Crippen LogP contribution in [0.2, 0.25) is 0 Å². The standard InChI is InChI=1S/C10H13N3O2/c14-9(15)13-10(4-6-11-7-10)8-3-1-2-5-12-8/h1-3,5,11,13H,4,6-7H2,(H,14,15). The molecule has 0 aromatic carbocycles. The van der Waals surface area contributed by atoms with E-state index < -0.39 is 11.6 Å². The summed E-state index contributed by atoms with van der Waals surface area (Å²) in [5.41, 5.74) is 0.213. The minimum Gasteiger partial charge on any atom is -0.465 e. The molecule has 1 aromatic rings. The molecular formula is C10H13N3O2. The highest BCUT2D eigenvalue weighted by molar-refractivity contribution is 5.66. The fraction of sp³-hybridized carbons (Fsp3) is 0.400. The van der Waals surface area contributed by atoms with Crippen molar-refractivity contribution in [2.45, 2.75) is 12.0 Å². The lowest BCUT2D eigenvalue weighted by Gasteiger charge is -2.27. The second-order valence-corrected chi connectivity index (χ2v) is 3.65. The van der Waals surface area contributed by atoms with Gasteiger partial charge in [0.15, 0.2) is 0 Å². The molecule has 3 N–H and O–H groups in total. The first-order valence-electron chi connectivity index (χ1n) is 4.86. The topological polar surface area (TPSA) is 74.2 Å². The zero-order valence-electron chi connectivity index (χ0n) is 8.23. The third-order valence-corrected chi connectivity index (χ3v) is 2.66. The SMILES string of the molecule is O=C(O)NC1(c2ccccn2)CCNC1. The van der Waals surface area contributed by atoms with Crippen molar-refractivity contribution in [2.24, 2.45) is 0 Å². The molecule has 1 amide bonds. The van der Waals surface area contributed by atoms with Gasteiger partial charge in [0, 0.05) is 12.7 Å². The first kappa shape index (κ1) is 9.92. The average molecular weight is 207 g/mol. The molecule has 1 fully saturated rings. The van der Waals surface area contributed by atoms with E-state index in [1.54, 1.807) is 6.20 Å². The Balaban J connectivity index is 2.30. The normalized spacial score (nSPS) is 25.1. The molecule has 0 aliphatic carbocycles. The summed E-state index contributed by atoms with van der Waals surface area (Å²) in [4.78, 5) is 15.0. The summed E-state index contributed by atoms with van der Waals surface area (Å²) >= 11 is 0. The van der Waals surface area contributed by atoms with Crippen LogP contribution in [-0.2, 0) is 5.54 Å². The van der Waals surface area contributed by atoms with Crippen LogP contribution in [0.4, 0.5) is 4.79 Å². The van der Waals surface area contributed by atoms with Gasteiger partial charge in [-0.05, 0) is 25.1 Å². The molecule has 0 radical (unpaired) electrons. The van der Waals surface area contributed by atoms with Crippen molar-refractivity contribution in [3.8, 4) is 0 Å². The minimum atomic E-state index is -1.01. The third-order valence-electron chi connectivity index (χ3n) is 2.66. The highest BCUT2D eigenvalue weighted by Gasteiger charge is 2.38. The summed E-state index contributed by atoms with van der Waals surface area (Å²) in [5, 5.41) is 14.5. The van der Waals surface area contributed by atoms with E-state index in [1.807, 2.05) is 18.2 Å². The summed E-state index contributed by atoms with van der Waals surface area (Å²) in [6, 6.07) is 5.54. The summed E-state index contributed by atoms with van der Waals surface area (Å²) in [6.07, 6.45) is 1.40. The molecule has 2 rings (SSSR count). The van der Waals surface area contributed by atoms with Crippen LogP contribution in [0.1, 0.15) is 12.1 Å². The predicted octanol–water partition coefficient (Wildman–Crippen LogP) is 0.538. The van der Waals surface area contributed by atoms with Crippen molar-refractivity contribution in [3.05, 3.63) is 30.1 Å². The van der Waals surface area contributed by atoms with Gasteiger partial charge in [0.25, 0.3) is 0 Å². The van der Waals surface area contributed by atoms with Crippen molar-refractivity contribution in [1.82, 2.24) is 15.6 Å². The van der Waals surface area contributed by atoms with Crippen LogP contribution in [0.3, 0.4) is 0 Å². The number of amides is 1. The maximum Gasteiger partial charge on any atom is 0.405 e. The quantitative estimate of drug-likeness (QED) is 0.661. The molecule has 2 heterocycles. The smallest absolute Gasteiger partial charge is 0.405 e. The maximum absolute atomic E-state index is 10.8. The van der Waals surface area contributed by atoms with E-state index in [-0.39, 0.29) is 0 Å². The van der Waals surface area contributed by atoms with Crippen LogP contribution in [0.25, 0.3) is 0 Å². The predicted molar refractivity (Wildman–Crippen MR) is 54.6 cm³/mol. The molecule has 0 spiro atoms. The van der Waals surface area contributed by atoms with Crippen molar-refractivity contribution in [1.29, 1.82) is 0 Å². The Bertz CT molecular complexity index is 347. The number of rotatable bonds is 2. The molecule has 5 heteroatoms. The van der Waals surface area contributed by atoms with Crippen molar-refractivity contribution < 1.29 is 9.90 Å². The summed E-state index contributed by atoms with van der Waals surface area (Å²) in [6.45, 7) is 1.40. The van der Waals surface area contributed by atoms with Gasteiger partial charge >= 0.3 is 6.09 Å². The molecule has 1 unspecified atom stereocenters. The van der Waals surface area contributed by atoms with Crippen LogP contribution in [0.5, 0.6) is 0 Å². The molecule has 1 aliphatic rings. The number of carboxylic acid groups (broad SMARTS) is 1. The van der Waals surface area contributed by atoms with Crippen LogP contribution in [0.15, 0.2) is 24.4 Å². The average Bonchev–Trinajstić information content (AvgIpc) is 2.68. The lowest BCUT2D eigenvalue weighted by atomic mass is 9.94. The number of nitrogens with one attached hydrogen (secondary N) is 2. The molecule has 1 aliphatic heterocycles. The van der Waals surface area contributed by atoms with Gasteiger partial charge in [-0.2, -0.15) is 0 Å². The van der Waals surface area contributed by atoms with E-state index in [4.69, 9.17) is 5.11 Å². The largest absolute Gasteiger partial charge is 0.465 e. The van der Waals surface area contributed by atoms with Gasteiger partial charge in [0.1, 0.15) is 0 Å². The first-order valence-corrected chi connectivity index (χ1v) is 4.86. The van der Waals surface area contributed by atoms with Crippen LogP contribution in [0, 0.1) is 0 Å². The minimum absolute atomic E-state index is 0.562. The van der Waals surface area contributed by atoms with Crippen LogP contribution in [-0.4, -0.2) is 29.3 Å². The van der Waals surface area contributed by atoms with Crippen molar-refractivity contribution in [3.63, 3.8) is 0 Å². The molecule has 15 heavy (non-hydrogen) atoms. The Morgan fingerprint density at radius 1 is 1.60 bits per heavy atom. The fourth-order valence-electron chi connectivity index (χ4n) is 1.93. The van der Waals surface area contributed by atoms with Gasteiger partial charge in [-0.25, -0.2) is 4.79 Å². The Hall–Kier alpha value is -1.62. The van der Waals surface area contributed by atoms with Gasteiger partial charge in [0.05, 0.1) is 11.2 Å². The van der Waals surface area contributed by atoms with E-state index in [9.17, 15) is 4.79 Å². The lowest BCUT2D eigenvalue weighted by molar-refractivity contribution is 0.178. The number of nitrogens with zero attached hydrogens (tertiary/aromatic N) is 1. The number of carbonyl (C=O) groups is 1. The highest BCUT2D eigenvalue weighted by Crippen LogP contribution is 2.25. The van der Waals surface area contributed by atoms with Crippen LogP contribution >= 0.6 is 0 Å². The van der Waals surface area contributed by atoms with E-state index >= 15 is 0 Å². The second kappa shape index (κ2) is 3.86. The fourth-order valence-corrected chi connectivity index (χ4v) is 1.93. The van der Waals surface area contributed by atoms with Gasteiger partial charge in [-0.3, -0.25) is 4.98 Å². The summed E-state index contributed by atoms with van der Waals surface area (Å²) in [7, 11) is 0. The van der Waals surface area contributed by atoms with E-state index in [0.29, 0.717) is 6.54 Å². The van der Waals surface area contributed by atoms with Crippen LogP contribution < -0.4 is 10.6 Å². The number of hydrogen-bond donors (Lipinski definition) is 3. The molecule has 1 aromatic heterocycles. The van der Waals surface area contributed by atoms with Crippen molar-refractivity contribution in [2.75, 3.05) is 13.1 Å². The van der Waals surface area contributed by atoms with Gasteiger partial charge in [-0.1, -0.05) is 6.07 Å². The molecular weight excluding hydrogens is 194 g/mol. The zero-order chi connectivity index (χ0) is 10.7. The summed E-state index contributed by atoms with van der Waals surface area (Å²) < 4.78 is 0. The monoisotopic (exact) mass is 207 g/mol. The third kappa shape index (κ3) is 1.92. The molecule has 5 nitrogen and oxygen atoms in total. The molecule has 80 valence electrons.